The first-order valence-corrected chi connectivity index (χ1v) is 12.4. The summed E-state index contributed by atoms with van der Waals surface area (Å²) in [6.45, 7) is 6.50. The van der Waals surface area contributed by atoms with Crippen LogP contribution in [0.5, 0.6) is 0 Å². The number of benzene rings is 3. The Kier molecular flexibility index (Phi) is 5.95. The van der Waals surface area contributed by atoms with Gasteiger partial charge in [-0.3, -0.25) is 4.79 Å². The summed E-state index contributed by atoms with van der Waals surface area (Å²) in [5.41, 5.74) is 5.98. The van der Waals surface area contributed by atoms with Gasteiger partial charge in [-0.15, -0.1) is 0 Å². The van der Waals surface area contributed by atoms with E-state index in [1.165, 1.54) is 11.1 Å². The van der Waals surface area contributed by atoms with Crippen molar-refractivity contribution in [2.24, 2.45) is 5.92 Å². The van der Waals surface area contributed by atoms with Gasteiger partial charge in [0.15, 0.2) is 0 Å². The second kappa shape index (κ2) is 8.79. The summed E-state index contributed by atoms with van der Waals surface area (Å²) in [4.78, 5) is 12.9. The Bertz CT molecular complexity index is 1270. The largest absolute Gasteiger partial charge is 0.378 e. The Labute approximate surface area is 211 Å². The molecule has 0 saturated carbocycles. The zero-order valence-corrected chi connectivity index (χ0v) is 21.0. The molecule has 3 aromatic carbocycles. The Morgan fingerprint density at radius 1 is 1.00 bits per heavy atom. The van der Waals surface area contributed by atoms with E-state index in [1.54, 1.807) is 0 Å². The smallest absolute Gasteiger partial charge is 0.255 e. The number of carbonyl (C=O) groups excluding carboxylic acids is 1. The minimum atomic E-state index is -0.105. The molecule has 3 atom stereocenters. The fourth-order valence-electron chi connectivity index (χ4n) is 5.07. The molecule has 3 aromatic rings. The number of halogens is 2. The lowest BCUT2D eigenvalue weighted by atomic mass is 9.77. The van der Waals surface area contributed by atoms with Crippen molar-refractivity contribution in [3.05, 3.63) is 105 Å². The van der Waals surface area contributed by atoms with Gasteiger partial charge in [-0.05, 0) is 70.8 Å². The van der Waals surface area contributed by atoms with E-state index in [2.05, 4.69) is 49.6 Å². The average molecular weight is 491 g/mol. The number of rotatable bonds is 3. The van der Waals surface area contributed by atoms with Crippen LogP contribution in [-0.2, 0) is 5.41 Å². The van der Waals surface area contributed by atoms with E-state index in [4.69, 9.17) is 23.2 Å². The van der Waals surface area contributed by atoms with Crippen LogP contribution in [-0.4, -0.2) is 5.91 Å². The molecule has 2 aliphatic rings. The second-order valence-corrected chi connectivity index (χ2v) is 11.0. The fraction of sp³-hybridized carbons (Fsp3) is 0.276. The predicted octanol–water partition coefficient (Wildman–Crippen LogP) is 8.37. The molecule has 0 aromatic heterocycles. The summed E-state index contributed by atoms with van der Waals surface area (Å²) in [5.74, 6) is 0.477. The van der Waals surface area contributed by atoms with Gasteiger partial charge >= 0.3 is 0 Å². The Morgan fingerprint density at radius 2 is 1.76 bits per heavy atom. The molecular formula is C29H28Cl2N2O. The molecule has 0 radical (unpaired) electrons. The van der Waals surface area contributed by atoms with Crippen molar-refractivity contribution in [1.29, 1.82) is 0 Å². The number of hydrogen-bond donors (Lipinski definition) is 2. The molecule has 174 valence electrons. The molecule has 0 bridgehead atoms. The van der Waals surface area contributed by atoms with Crippen molar-refractivity contribution in [3.8, 4) is 0 Å². The molecule has 1 aliphatic heterocycles. The second-order valence-electron chi connectivity index (χ2n) is 10.2. The van der Waals surface area contributed by atoms with E-state index in [1.807, 2.05) is 54.6 Å². The van der Waals surface area contributed by atoms with Crippen LogP contribution in [0.2, 0.25) is 10.0 Å². The summed E-state index contributed by atoms with van der Waals surface area (Å²) >= 11 is 12.9. The minimum Gasteiger partial charge on any atom is -0.378 e. The van der Waals surface area contributed by atoms with Gasteiger partial charge in [0.1, 0.15) is 0 Å². The first-order valence-electron chi connectivity index (χ1n) is 11.7. The zero-order valence-electron chi connectivity index (χ0n) is 19.5. The highest BCUT2D eigenvalue weighted by molar-refractivity contribution is 6.42. The summed E-state index contributed by atoms with van der Waals surface area (Å²) in [5, 5.41) is 7.95. The van der Waals surface area contributed by atoms with Crippen LogP contribution in [0.4, 0.5) is 11.4 Å². The lowest BCUT2D eigenvalue weighted by Crippen LogP contribution is -2.29. The van der Waals surface area contributed by atoms with Gasteiger partial charge in [-0.1, -0.05) is 80.4 Å². The number of anilines is 2. The SMILES string of the molecule is CC(C)(C)c1ccc(C(=O)Nc2ccc3c(c2)C2C=CCC2C(c2cccc(Cl)c2Cl)N3)cc1. The van der Waals surface area contributed by atoms with Crippen molar-refractivity contribution in [1.82, 2.24) is 0 Å². The zero-order chi connectivity index (χ0) is 24.0. The molecule has 1 amide bonds. The fourth-order valence-corrected chi connectivity index (χ4v) is 5.49. The third kappa shape index (κ3) is 4.23. The Hall–Kier alpha value is -2.75. The van der Waals surface area contributed by atoms with E-state index in [-0.39, 0.29) is 23.3 Å². The molecular weight excluding hydrogens is 463 g/mol. The van der Waals surface area contributed by atoms with Crippen LogP contribution in [0.1, 0.15) is 66.2 Å². The predicted molar refractivity (Wildman–Crippen MR) is 142 cm³/mol. The highest BCUT2D eigenvalue weighted by atomic mass is 35.5. The first kappa shape index (κ1) is 23.0. The van der Waals surface area contributed by atoms with Gasteiger partial charge in [0.2, 0.25) is 0 Å². The van der Waals surface area contributed by atoms with Crippen molar-refractivity contribution in [2.75, 3.05) is 10.6 Å². The molecule has 0 saturated heterocycles. The monoisotopic (exact) mass is 490 g/mol. The number of fused-ring (bicyclic) bond motifs is 3. The standard InChI is InChI=1S/C29H28Cl2N2O/c1-29(2,3)18-12-10-17(11-13-18)28(34)32-19-14-15-25-23(16-19)20-6-4-7-21(20)27(33-25)22-8-5-9-24(30)26(22)31/h4-6,8-16,20-21,27,33H,7H2,1-3H3,(H,32,34). The normalized spacial score (nSPS) is 20.9. The maximum absolute atomic E-state index is 12.9. The highest BCUT2D eigenvalue weighted by Crippen LogP contribution is 2.51. The molecule has 3 nitrogen and oxygen atoms in total. The van der Waals surface area contributed by atoms with Gasteiger partial charge in [0, 0.05) is 22.9 Å². The molecule has 2 N–H and O–H groups in total. The van der Waals surface area contributed by atoms with Crippen molar-refractivity contribution in [2.45, 2.75) is 44.6 Å². The maximum Gasteiger partial charge on any atom is 0.255 e. The maximum atomic E-state index is 12.9. The molecule has 34 heavy (non-hydrogen) atoms. The molecule has 1 aliphatic carbocycles. The highest BCUT2D eigenvalue weighted by Gasteiger charge is 2.39. The van der Waals surface area contributed by atoms with E-state index >= 15 is 0 Å². The Morgan fingerprint density at radius 3 is 2.50 bits per heavy atom. The molecule has 5 heteroatoms. The van der Waals surface area contributed by atoms with E-state index in [0.29, 0.717) is 21.5 Å². The van der Waals surface area contributed by atoms with Gasteiger partial charge in [0.05, 0.1) is 16.1 Å². The van der Waals surface area contributed by atoms with Crippen LogP contribution in [0.15, 0.2) is 72.8 Å². The van der Waals surface area contributed by atoms with Gasteiger partial charge in [-0.25, -0.2) is 0 Å². The van der Waals surface area contributed by atoms with Crippen molar-refractivity contribution >= 4 is 40.5 Å². The van der Waals surface area contributed by atoms with E-state index < -0.39 is 0 Å². The summed E-state index contributed by atoms with van der Waals surface area (Å²) in [6, 6.07) is 19.8. The van der Waals surface area contributed by atoms with Crippen LogP contribution in [0.25, 0.3) is 0 Å². The van der Waals surface area contributed by atoms with Crippen LogP contribution in [0.3, 0.4) is 0 Å². The van der Waals surface area contributed by atoms with Crippen molar-refractivity contribution in [3.63, 3.8) is 0 Å². The third-order valence-electron chi connectivity index (χ3n) is 6.95. The molecule has 0 spiro atoms. The van der Waals surface area contributed by atoms with Crippen LogP contribution in [0, 0.1) is 5.92 Å². The lowest BCUT2D eigenvalue weighted by Gasteiger charge is -2.38. The number of hydrogen-bond acceptors (Lipinski definition) is 2. The lowest BCUT2D eigenvalue weighted by molar-refractivity contribution is 0.102. The van der Waals surface area contributed by atoms with Gasteiger partial charge < -0.3 is 10.6 Å². The van der Waals surface area contributed by atoms with E-state index in [9.17, 15) is 4.79 Å². The number of allylic oxidation sites excluding steroid dienone is 2. The van der Waals surface area contributed by atoms with Crippen LogP contribution < -0.4 is 10.6 Å². The van der Waals surface area contributed by atoms with E-state index in [0.717, 1.165) is 23.4 Å². The van der Waals surface area contributed by atoms with Crippen LogP contribution >= 0.6 is 23.2 Å². The number of carbonyl (C=O) groups is 1. The number of amides is 1. The third-order valence-corrected chi connectivity index (χ3v) is 7.78. The first-order chi connectivity index (χ1) is 16.2. The quantitative estimate of drug-likeness (QED) is 0.362. The topological polar surface area (TPSA) is 41.1 Å². The van der Waals surface area contributed by atoms with Gasteiger partial charge in [0.25, 0.3) is 5.91 Å². The number of nitrogens with one attached hydrogen (secondary N) is 2. The summed E-state index contributed by atoms with van der Waals surface area (Å²) in [6.07, 6.45) is 5.47. The van der Waals surface area contributed by atoms with Crippen molar-refractivity contribution < 1.29 is 4.79 Å². The summed E-state index contributed by atoms with van der Waals surface area (Å²) in [7, 11) is 0. The molecule has 0 fully saturated rings. The summed E-state index contributed by atoms with van der Waals surface area (Å²) < 4.78 is 0. The minimum absolute atomic E-state index is 0.0546. The molecule has 5 rings (SSSR count). The molecule has 1 heterocycles. The van der Waals surface area contributed by atoms with Gasteiger partial charge in [-0.2, -0.15) is 0 Å². The molecule has 3 unspecified atom stereocenters. The Balaban J connectivity index is 1.40. The average Bonchev–Trinajstić information content (AvgIpc) is 3.30.